The van der Waals surface area contributed by atoms with E-state index in [9.17, 15) is 13.6 Å². The predicted octanol–water partition coefficient (Wildman–Crippen LogP) is 4.52. The minimum absolute atomic E-state index is 0.104. The maximum atomic E-state index is 12.9. The molecule has 1 N–H and O–H groups in total. The number of hydrogen-bond donors (Lipinski definition) is 1. The lowest BCUT2D eigenvalue weighted by Gasteiger charge is -2.31. The number of nitrogens with one attached hydrogen (secondary N) is 1. The highest BCUT2D eigenvalue weighted by Crippen LogP contribution is 2.28. The molecule has 4 rings (SSSR count). The van der Waals surface area contributed by atoms with Gasteiger partial charge in [-0.3, -0.25) is 4.79 Å². The highest BCUT2D eigenvalue weighted by Gasteiger charge is 2.27. The monoisotopic (exact) mass is 438 g/mol. The summed E-state index contributed by atoms with van der Waals surface area (Å²) in [6, 6.07) is 16.0. The van der Waals surface area contributed by atoms with Crippen LogP contribution in [0.3, 0.4) is 0 Å². The Balaban J connectivity index is 1.48. The zero-order valence-electron chi connectivity index (χ0n) is 17.5. The van der Waals surface area contributed by atoms with Gasteiger partial charge in [0.05, 0.1) is 5.92 Å². The summed E-state index contributed by atoms with van der Waals surface area (Å²) in [5, 5.41) is 2.94. The molecule has 0 bridgehead atoms. The molecule has 166 valence electrons. The van der Waals surface area contributed by atoms with E-state index in [2.05, 4.69) is 15.3 Å². The van der Waals surface area contributed by atoms with Gasteiger partial charge in [0.1, 0.15) is 5.75 Å². The molecule has 2 heterocycles. The summed E-state index contributed by atoms with van der Waals surface area (Å²) in [4.78, 5) is 23.5. The number of carbonyl (C=O) groups excluding carboxylic acids is 1. The largest absolute Gasteiger partial charge is 0.435 e. The first kappa shape index (κ1) is 21.7. The van der Waals surface area contributed by atoms with Gasteiger partial charge in [-0.25, -0.2) is 9.97 Å². The first-order chi connectivity index (χ1) is 15.6. The van der Waals surface area contributed by atoms with Crippen LogP contribution in [-0.2, 0) is 11.2 Å². The van der Waals surface area contributed by atoms with E-state index >= 15 is 0 Å². The standard InChI is InChI=1S/C24H24F2N4O2/c25-23(26)32-21-10-9-20(15-19(21)14-17-6-2-1-3-7-17)29-22(31)18-8-4-13-30(16-18)24-27-11-5-12-28-24/h1-3,5-7,9-12,15,18,23H,4,8,13-14,16H2,(H,29,31)/t18-/m1/s1. The van der Waals surface area contributed by atoms with Gasteiger partial charge in [-0.2, -0.15) is 8.78 Å². The molecule has 1 fully saturated rings. The second-order valence-electron chi connectivity index (χ2n) is 7.69. The van der Waals surface area contributed by atoms with Gasteiger partial charge in [0, 0.05) is 43.2 Å². The van der Waals surface area contributed by atoms with Crippen molar-refractivity contribution in [3.63, 3.8) is 0 Å². The van der Waals surface area contributed by atoms with Crippen LogP contribution in [0.5, 0.6) is 5.75 Å². The van der Waals surface area contributed by atoms with Gasteiger partial charge in [-0.15, -0.1) is 0 Å². The number of aromatic nitrogens is 2. The molecule has 1 aliphatic heterocycles. The topological polar surface area (TPSA) is 67.3 Å². The fourth-order valence-electron chi connectivity index (χ4n) is 3.89. The van der Waals surface area contributed by atoms with E-state index in [0.29, 0.717) is 30.2 Å². The Bertz CT molecular complexity index is 1030. The number of halogens is 2. The third-order valence-corrected chi connectivity index (χ3v) is 5.41. The Morgan fingerprint density at radius 1 is 1.12 bits per heavy atom. The normalized spacial score (nSPS) is 16.1. The van der Waals surface area contributed by atoms with E-state index in [1.807, 2.05) is 35.2 Å². The van der Waals surface area contributed by atoms with Gasteiger partial charge in [0.2, 0.25) is 11.9 Å². The Morgan fingerprint density at radius 2 is 1.91 bits per heavy atom. The number of alkyl halides is 2. The van der Waals surface area contributed by atoms with E-state index in [1.54, 1.807) is 30.6 Å². The lowest BCUT2D eigenvalue weighted by atomic mass is 9.97. The Kier molecular flexibility index (Phi) is 6.89. The van der Waals surface area contributed by atoms with Crippen molar-refractivity contribution in [2.75, 3.05) is 23.3 Å². The zero-order valence-corrected chi connectivity index (χ0v) is 17.5. The molecule has 1 saturated heterocycles. The van der Waals surface area contributed by atoms with E-state index in [-0.39, 0.29) is 17.6 Å². The molecule has 2 aromatic carbocycles. The van der Waals surface area contributed by atoms with Crippen LogP contribution >= 0.6 is 0 Å². The van der Waals surface area contributed by atoms with Crippen LogP contribution in [0.1, 0.15) is 24.0 Å². The third-order valence-electron chi connectivity index (χ3n) is 5.41. The van der Waals surface area contributed by atoms with Crippen molar-refractivity contribution >= 4 is 17.5 Å². The van der Waals surface area contributed by atoms with Crippen LogP contribution in [0, 0.1) is 5.92 Å². The number of anilines is 2. The number of hydrogen-bond acceptors (Lipinski definition) is 5. The van der Waals surface area contributed by atoms with Crippen molar-refractivity contribution in [3.8, 4) is 5.75 Å². The van der Waals surface area contributed by atoms with Crippen LogP contribution < -0.4 is 15.0 Å². The van der Waals surface area contributed by atoms with Crippen molar-refractivity contribution in [1.29, 1.82) is 0 Å². The number of nitrogens with zero attached hydrogens (tertiary/aromatic N) is 3. The maximum absolute atomic E-state index is 12.9. The van der Waals surface area contributed by atoms with Gasteiger partial charge in [0.25, 0.3) is 0 Å². The number of piperidine rings is 1. The molecule has 3 aromatic rings. The molecule has 1 aromatic heterocycles. The molecular weight excluding hydrogens is 414 g/mol. The average molecular weight is 438 g/mol. The van der Waals surface area contributed by atoms with Crippen LogP contribution in [0.25, 0.3) is 0 Å². The van der Waals surface area contributed by atoms with E-state index in [4.69, 9.17) is 4.74 Å². The van der Waals surface area contributed by atoms with Crippen molar-refractivity contribution in [3.05, 3.63) is 78.1 Å². The second-order valence-corrected chi connectivity index (χ2v) is 7.69. The van der Waals surface area contributed by atoms with Crippen molar-refractivity contribution in [2.24, 2.45) is 5.92 Å². The molecule has 8 heteroatoms. The molecule has 0 spiro atoms. The van der Waals surface area contributed by atoms with E-state index in [1.165, 1.54) is 6.07 Å². The molecule has 1 aliphatic rings. The zero-order chi connectivity index (χ0) is 22.3. The number of ether oxygens (including phenoxy) is 1. The molecule has 32 heavy (non-hydrogen) atoms. The molecule has 1 amide bonds. The molecular formula is C24H24F2N4O2. The van der Waals surface area contributed by atoms with Crippen molar-refractivity contribution in [1.82, 2.24) is 9.97 Å². The van der Waals surface area contributed by atoms with Gasteiger partial charge < -0.3 is 15.0 Å². The highest BCUT2D eigenvalue weighted by molar-refractivity contribution is 5.93. The second kappa shape index (κ2) is 10.2. The molecule has 0 saturated carbocycles. The van der Waals surface area contributed by atoms with Gasteiger partial charge in [-0.05, 0) is 42.7 Å². The maximum Gasteiger partial charge on any atom is 0.387 e. The average Bonchev–Trinajstić information content (AvgIpc) is 2.82. The summed E-state index contributed by atoms with van der Waals surface area (Å²) in [7, 11) is 0. The summed E-state index contributed by atoms with van der Waals surface area (Å²) >= 11 is 0. The molecule has 6 nitrogen and oxygen atoms in total. The summed E-state index contributed by atoms with van der Waals surface area (Å²) in [6.07, 6.45) is 5.40. The first-order valence-corrected chi connectivity index (χ1v) is 10.5. The summed E-state index contributed by atoms with van der Waals surface area (Å²) < 4.78 is 30.4. The van der Waals surface area contributed by atoms with Crippen LogP contribution in [0.15, 0.2) is 67.0 Å². The fraction of sp³-hybridized carbons (Fsp3) is 0.292. The van der Waals surface area contributed by atoms with Crippen molar-refractivity contribution in [2.45, 2.75) is 25.9 Å². The lowest BCUT2D eigenvalue weighted by Crippen LogP contribution is -2.41. The minimum atomic E-state index is -2.92. The molecule has 0 aliphatic carbocycles. The quantitative estimate of drug-likeness (QED) is 0.587. The SMILES string of the molecule is O=C(Nc1ccc(OC(F)F)c(Cc2ccccc2)c1)[C@@H]1CCCN(c2ncccn2)C1. The van der Waals surface area contributed by atoms with E-state index in [0.717, 1.165) is 24.9 Å². The fourth-order valence-corrected chi connectivity index (χ4v) is 3.89. The number of benzene rings is 2. The Morgan fingerprint density at radius 3 is 2.66 bits per heavy atom. The minimum Gasteiger partial charge on any atom is -0.435 e. The smallest absolute Gasteiger partial charge is 0.387 e. The predicted molar refractivity (Wildman–Crippen MR) is 118 cm³/mol. The Hall–Kier alpha value is -3.55. The molecule has 0 radical (unpaired) electrons. The van der Waals surface area contributed by atoms with Gasteiger partial charge in [-0.1, -0.05) is 30.3 Å². The number of carbonyl (C=O) groups is 1. The Labute approximate surface area is 185 Å². The summed E-state index contributed by atoms with van der Waals surface area (Å²) in [5.74, 6) is 0.386. The summed E-state index contributed by atoms with van der Waals surface area (Å²) in [6.45, 7) is -1.59. The van der Waals surface area contributed by atoms with Crippen molar-refractivity contribution < 1.29 is 18.3 Å². The number of amides is 1. The van der Waals surface area contributed by atoms with Crippen LogP contribution in [0.2, 0.25) is 0 Å². The molecule has 0 unspecified atom stereocenters. The van der Waals surface area contributed by atoms with E-state index < -0.39 is 6.61 Å². The highest BCUT2D eigenvalue weighted by atomic mass is 19.3. The third kappa shape index (κ3) is 5.57. The number of rotatable bonds is 7. The van der Waals surface area contributed by atoms with Gasteiger partial charge in [0.15, 0.2) is 0 Å². The van der Waals surface area contributed by atoms with Gasteiger partial charge >= 0.3 is 6.61 Å². The summed E-state index contributed by atoms with van der Waals surface area (Å²) in [5.41, 5.74) is 2.09. The lowest BCUT2D eigenvalue weighted by molar-refractivity contribution is -0.120. The first-order valence-electron chi connectivity index (χ1n) is 10.5. The van der Waals surface area contributed by atoms with Crippen LogP contribution in [-0.4, -0.2) is 35.6 Å². The molecule has 1 atom stereocenters. The van der Waals surface area contributed by atoms with Crippen LogP contribution in [0.4, 0.5) is 20.4 Å².